The standard InChI is InChI=1S/C24H36N6O2.HI/c1-5-25-24(27-17-19(2)32-22-9-7-6-8-21(22)31-4)28-18-20-10-11-26-23(16-20)30-14-12-29(3)13-15-30;/h6-11,16,19H,5,12-15,17-18H2,1-4H3,(H2,25,27,28);1H. The molecule has 1 aromatic carbocycles. The van der Waals surface area contributed by atoms with Gasteiger partial charge in [-0.2, -0.15) is 0 Å². The Morgan fingerprint density at radius 2 is 1.85 bits per heavy atom. The maximum Gasteiger partial charge on any atom is 0.191 e. The molecule has 1 fully saturated rings. The number of para-hydroxylation sites is 2. The SMILES string of the molecule is CCNC(=NCc1ccnc(N2CCN(C)CC2)c1)NCC(C)Oc1ccccc1OC.I. The van der Waals surface area contributed by atoms with E-state index >= 15 is 0 Å². The smallest absolute Gasteiger partial charge is 0.191 e. The van der Waals surface area contributed by atoms with Crippen molar-refractivity contribution in [2.24, 2.45) is 4.99 Å². The van der Waals surface area contributed by atoms with E-state index in [9.17, 15) is 0 Å². The number of ether oxygens (including phenoxy) is 2. The van der Waals surface area contributed by atoms with Crippen molar-refractivity contribution >= 4 is 35.8 Å². The summed E-state index contributed by atoms with van der Waals surface area (Å²) in [5, 5.41) is 6.68. The van der Waals surface area contributed by atoms with Crippen LogP contribution in [0.25, 0.3) is 0 Å². The van der Waals surface area contributed by atoms with Crippen LogP contribution in [-0.2, 0) is 6.54 Å². The summed E-state index contributed by atoms with van der Waals surface area (Å²) >= 11 is 0. The van der Waals surface area contributed by atoms with Gasteiger partial charge in [0.15, 0.2) is 17.5 Å². The van der Waals surface area contributed by atoms with Gasteiger partial charge in [0, 0.05) is 38.9 Å². The van der Waals surface area contributed by atoms with Gasteiger partial charge in [0.2, 0.25) is 0 Å². The molecule has 0 amide bonds. The van der Waals surface area contributed by atoms with Gasteiger partial charge >= 0.3 is 0 Å². The Balaban J connectivity index is 0.00000385. The molecule has 1 aromatic heterocycles. The Morgan fingerprint density at radius 1 is 1.12 bits per heavy atom. The second kappa shape index (κ2) is 14.1. The zero-order chi connectivity index (χ0) is 22.8. The molecule has 0 saturated carbocycles. The van der Waals surface area contributed by atoms with Gasteiger partial charge in [0.1, 0.15) is 11.9 Å². The summed E-state index contributed by atoms with van der Waals surface area (Å²) in [4.78, 5) is 14.0. The number of rotatable bonds is 9. The van der Waals surface area contributed by atoms with Crippen LogP contribution in [0.4, 0.5) is 5.82 Å². The number of likely N-dealkylation sites (N-methyl/N-ethyl adjacent to an activating group) is 1. The lowest BCUT2D eigenvalue weighted by molar-refractivity contribution is 0.213. The minimum absolute atomic E-state index is 0. The zero-order valence-corrected chi connectivity index (χ0v) is 22.4. The summed E-state index contributed by atoms with van der Waals surface area (Å²) in [6.07, 6.45) is 1.82. The molecule has 1 unspecified atom stereocenters. The van der Waals surface area contributed by atoms with Crippen LogP contribution in [0, 0.1) is 0 Å². The molecule has 1 atom stereocenters. The Bertz CT molecular complexity index is 874. The summed E-state index contributed by atoms with van der Waals surface area (Å²) in [5.74, 6) is 3.26. The van der Waals surface area contributed by atoms with E-state index < -0.39 is 0 Å². The van der Waals surface area contributed by atoms with Crippen molar-refractivity contribution in [3.63, 3.8) is 0 Å². The third-order valence-electron chi connectivity index (χ3n) is 5.36. The van der Waals surface area contributed by atoms with Gasteiger partial charge < -0.3 is 29.9 Å². The molecule has 1 saturated heterocycles. The van der Waals surface area contributed by atoms with Crippen molar-refractivity contribution in [3.8, 4) is 11.5 Å². The topological polar surface area (TPSA) is 74.3 Å². The van der Waals surface area contributed by atoms with Gasteiger partial charge in [-0.3, -0.25) is 0 Å². The summed E-state index contributed by atoms with van der Waals surface area (Å²) in [7, 11) is 3.81. The predicted molar refractivity (Wildman–Crippen MR) is 145 cm³/mol. The Morgan fingerprint density at radius 3 is 2.55 bits per heavy atom. The van der Waals surface area contributed by atoms with Crippen LogP contribution in [-0.4, -0.2) is 75.4 Å². The van der Waals surface area contributed by atoms with Gasteiger partial charge in [-0.15, -0.1) is 24.0 Å². The molecule has 2 aromatic rings. The van der Waals surface area contributed by atoms with Crippen LogP contribution >= 0.6 is 24.0 Å². The molecule has 3 rings (SSSR count). The van der Waals surface area contributed by atoms with Crippen LogP contribution < -0.4 is 25.0 Å². The lowest BCUT2D eigenvalue weighted by Gasteiger charge is -2.33. The van der Waals surface area contributed by atoms with Crippen LogP contribution in [0.15, 0.2) is 47.6 Å². The van der Waals surface area contributed by atoms with E-state index in [0.717, 1.165) is 61.6 Å². The number of methoxy groups -OCH3 is 1. The van der Waals surface area contributed by atoms with Gasteiger partial charge in [0.05, 0.1) is 20.2 Å². The number of guanidine groups is 1. The first-order valence-electron chi connectivity index (χ1n) is 11.3. The first-order chi connectivity index (χ1) is 15.6. The van der Waals surface area contributed by atoms with E-state index in [0.29, 0.717) is 13.1 Å². The number of nitrogens with zero attached hydrogens (tertiary/aromatic N) is 4. The molecule has 2 N–H and O–H groups in total. The summed E-state index contributed by atoms with van der Waals surface area (Å²) in [5.41, 5.74) is 1.14. The molecule has 9 heteroatoms. The number of halogens is 1. The molecule has 1 aliphatic rings. The molecule has 8 nitrogen and oxygen atoms in total. The van der Waals surface area contributed by atoms with Crippen molar-refractivity contribution in [2.45, 2.75) is 26.5 Å². The van der Waals surface area contributed by atoms with Gasteiger partial charge in [-0.25, -0.2) is 9.98 Å². The van der Waals surface area contributed by atoms with Gasteiger partial charge in [0.25, 0.3) is 0 Å². The zero-order valence-electron chi connectivity index (χ0n) is 20.1. The highest BCUT2D eigenvalue weighted by atomic mass is 127. The van der Waals surface area contributed by atoms with Crippen molar-refractivity contribution in [2.75, 3.05) is 58.3 Å². The number of nitrogens with one attached hydrogen (secondary N) is 2. The Labute approximate surface area is 214 Å². The molecule has 182 valence electrons. The lowest BCUT2D eigenvalue weighted by atomic mass is 10.2. The van der Waals surface area contributed by atoms with Gasteiger partial charge in [-0.05, 0) is 50.7 Å². The minimum atomic E-state index is -0.0556. The monoisotopic (exact) mass is 568 g/mol. The average molecular weight is 569 g/mol. The summed E-state index contributed by atoms with van der Waals surface area (Å²) in [6.45, 7) is 10.2. The van der Waals surface area contributed by atoms with Crippen LogP contribution in [0.3, 0.4) is 0 Å². The summed E-state index contributed by atoms with van der Waals surface area (Å²) in [6, 6.07) is 11.8. The number of pyridine rings is 1. The molecule has 0 aliphatic carbocycles. The fourth-order valence-electron chi connectivity index (χ4n) is 3.49. The number of benzene rings is 1. The maximum atomic E-state index is 6.03. The predicted octanol–water partition coefficient (Wildman–Crippen LogP) is 2.98. The number of hydrogen-bond acceptors (Lipinski definition) is 6. The van der Waals surface area contributed by atoms with E-state index in [1.54, 1.807) is 7.11 Å². The molecule has 1 aliphatic heterocycles. The Kier molecular flexibility index (Phi) is 11.5. The first-order valence-corrected chi connectivity index (χ1v) is 11.3. The van der Waals surface area contributed by atoms with E-state index in [2.05, 4.69) is 45.5 Å². The molecular formula is C24H37IN6O2. The molecular weight excluding hydrogens is 531 g/mol. The number of anilines is 1. The highest BCUT2D eigenvalue weighted by Crippen LogP contribution is 2.26. The van der Waals surface area contributed by atoms with Crippen LogP contribution in [0.2, 0.25) is 0 Å². The van der Waals surface area contributed by atoms with E-state index in [1.807, 2.05) is 43.5 Å². The average Bonchev–Trinajstić information content (AvgIpc) is 2.82. The van der Waals surface area contributed by atoms with E-state index in [4.69, 9.17) is 14.5 Å². The fraction of sp³-hybridized carbons (Fsp3) is 0.500. The number of hydrogen-bond donors (Lipinski definition) is 2. The molecule has 0 radical (unpaired) electrons. The van der Waals surface area contributed by atoms with Gasteiger partial charge in [-0.1, -0.05) is 12.1 Å². The van der Waals surface area contributed by atoms with Crippen molar-refractivity contribution in [1.29, 1.82) is 0 Å². The van der Waals surface area contributed by atoms with Crippen molar-refractivity contribution in [3.05, 3.63) is 48.2 Å². The Hall–Kier alpha value is -2.27. The quantitative estimate of drug-likeness (QED) is 0.274. The van der Waals surface area contributed by atoms with E-state index in [1.165, 1.54) is 0 Å². The molecule has 2 heterocycles. The fourth-order valence-corrected chi connectivity index (χ4v) is 3.49. The molecule has 0 bridgehead atoms. The lowest BCUT2D eigenvalue weighted by Crippen LogP contribution is -2.44. The van der Waals surface area contributed by atoms with E-state index in [-0.39, 0.29) is 30.1 Å². The maximum absolute atomic E-state index is 6.03. The third kappa shape index (κ3) is 8.54. The largest absolute Gasteiger partial charge is 0.493 e. The van der Waals surface area contributed by atoms with Crippen LogP contribution in [0.5, 0.6) is 11.5 Å². The normalized spacial score (nSPS) is 15.4. The molecule has 0 spiro atoms. The highest BCUT2D eigenvalue weighted by Gasteiger charge is 2.15. The van der Waals surface area contributed by atoms with Crippen LogP contribution in [0.1, 0.15) is 19.4 Å². The summed E-state index contributed by atoms with van der Waals surface area (Å²) < 4.78 is 11.4. The highest BCUT2D eigenvalue weighted by molar-refractivity contribution is 14.0. The van der Waals surface area contributed by atoms with Crippen molar-refractivity contribution in [1.82, 2.24) is 20.5 Å². The number of piperazine rings is 1. The molecule has 33 heavy (non-hydrogen) atoms. The third-order valence-corrected chi connectivity index (χ3v) is 5.36. The second-order valence-corrected chi connectivity index (χ2v) is 7.97. The number of aromatic nitrogens is 1. The van der Waals surface area contributed by atoms with Crippen molar-refractivity contribution < 1.29 is 9.47 Å². The minimum Gasteiger partial charge on any atom is -0.493 e. The first kappa shape index (κ1) is 27.0. The number of aliphatic imine (C=N–C) groups is 1. The second-order valence-electron chi connectivity index (χ2n) is 7.97.